The molecule has 0 radical (unpaired) electrons. The number of benzene rings is 2. The predicted molar refractivity (Wildman–Crippen MR) is 79.9 cm³/mol. The Bertz CT molecular complexity index is 861. The van der Waals surface area contributed by atoms with Crippen LogP contribution >= 0.6 is 11.3 Å². The molecule has 0 aliphatic rings. The minimum absolute atomic E-state index is 0.155. The number of thiazole rings is 1. The van der Waals surface area contributed by atoms with Crippen LogP contribution in [0.5, 0.6) is 0 Å². The Labute approximate surface area is 128 Å². The molecule has 0 saturated heterocycles. The third kappa shape index (κ3) is 2.73. The summed E-state index contributed by atoms with van der Waals surface area (Å²) < 4.78 is 26.7. The third-order valence-corrected chi connectivity index (χ3v) is 3.96. The predicted octanol–water partition coefficient (Wildman–Crippen LogP) is 4.45. The molecule has 3 rings (SSSR count). The van der Waals surface area contributed by atoms with Gasteiger partial charge in [0.1, 0.15) is 16.6 Å². The molecule has 0 bridgehead atoms. The van der Waals surface area contributed by atoms with Crippen molar-refractivity contribution in [3.05, 3.63) is 65.0 Å². The van der Waals surface area contributed by atoms with Crippen LogP contribution in [0.3, 0.4) is 0 Å². The molecule has 0 spiro atoms. The summed E-state index contributed by atoms with van der Waals surface area (Å²) >= 11 is 1.27. The van der Waals surface area contributed by atoms with Gasteiger partial charge in [0.05, 0.1) is 11.3 Å². The molecule has 110 valence electrons. The Morgan fingerprint density at radius 1 is 1.14 bits per heavy atom. The van der Waals surface area contributed by atoms with Crippen molar-refractivity contribution < 1.29 is 18.7 Å². The Morgan fingerprint density at radius 3 is 2.68 bits per heavy atom. The first-order valence-corrected chi connectivity index (χ1v) is 7.17. The minimum atomic E-state index is -1.02. The van der Waals surface area contributed by atoms with Crippen LogP contribution in [0, 0.1) is 11.6 Å². The number of carbonyl (C=O) groups is 1. The lowest BCUT2D eigenvalue weighted by atomic mass is 10.1. The van der Waals surface area contributed by atoms with Crippen LogP contribution < -0.4 is 0 Å². The molecule has 0 atom stereocenters. The molecule has 6 heteroatoms. The van der Waals surface area contributed by atoms with E-state index in [0.29, 0.717) is 16.3 Å². The quantitative estimate of drug-likeness (QED) is 0.776. The summed E-state index contributed by atoms with van der Waals surface area (Å²) in [5.74, 6) is -2.36. The van der Waals surface area contributed by atoms with Crippen molar-refractivity contribution in [3.8, 4) is 21.8 Å². The van der Waals surface area contributed by atoms with Gasteiger partial charge in [-0.1, -0.05) is 12.1 Å². The summed E-state index contributed by atoms with van der Waals surface area (Å²) in [4.78, 5) is 15.3. The summed E-state index contributed by atoms with van der Waals surface area (Å²) in [5.41, 5.74) is 1.39. The Balaban J connectivity index is 2.00. The summed E-state index contributed by atoms with van der Waals surface area (Å²) in [6.07, 6.45) is 0. The van der Waals surface area contributed by atoms with Gasteiger partial charge >= 0.3 is 5.97 Å². The van der Waals surface area contributed by atoms with E-state index in [1.54, 1.807) is 17.5 Å². The van der Waals surface area contributed by atoms with Crippen molar-refractivity contribution >= 4 is 17.3 Å². The van der Waals surface area contributed by atoms with Gasteiger partial charge in [-0.3, -0.25) is 0 Å². The molecule has 1 aromatic heterocycles. The standard InChI is InChI=1S/C16H9F2NO2S/c17-11-4-5-12(13(18)7-11)14-8-22-15(19-14)9-2-1-3-10(6-9)16(20)21/h1-8H,(H,20,21). The first-order chi connectivity index (χ1) is 10.5. The number of nitrogens with zero attached hydrogens (tertiary/aromatic N) is 1. The van der Waals surface area contributed by atoms with Crippen molar-refractivity contribution in [3.63, 3.8) is 0 Å². The van der Waals surface area contributed by atoms with Crippen molar-refractivity contribution in [1.29, 1.82) is 0 Å². The highest BCUT2D eigenvalue weighted by Gasteiger charge is 2.12. The van der Waals surface area contributed by atoms with Gasteiger partial charge in [-0.05, 0) is 24.3 Å². The van der Waals surface area contributed by atoms with Gasteiger partial charge in [0, 0.05) is 22.6 Å². The fourth-order valence-electron chi connectivity index (χ4n) is 2.01. The molecule has 1 N–H and O–H groups in total. The van der Waals surface area contributed by atoms with E-state index in [2.05, 4.69) is 4.98 Å². The average Bonchev–Trinajstić information content (AvgIpc) is 2.97. The number of hydrogen-bond acceptors (Lipinski definition) is 3. The number of rotatable bonds is 3. The zero-order chi connectivity index (χ0) is 15.7. The zero-order valence-corrected chi connectivity index (χ0v) is 11.9. The molecular formula is C16H9F2NO2S. The molecule has 0 aliphatic carbocycles. The van der Waals surface area contributed by atoms with Crippen LogP contribution in [-0.2, 0) is 0 Å². The number of aromatic carboxylic acids is 1. The highest BCUT2D eigenvalue weighted by molar-refractivity contribution is 7.13. The van der Waals surface area contributed by atoms with Crippen molar-refractivity contribution in [2.75, 3.05) is 0 Å². The van der Waals surface area contributed by atoms with Gasteiger partial charge < -0.3 is 5.11 Å². The van der Waals surface area contributed by atoms with E-state index in [-0.39, 0.29) is 11.1 Å². The van der Waals surface area contributed by atoms with E-state index in [1.807, 2.05) is 0 Å². The Morgan fingerprint density at radius 2 is 1.95 bits per heavy atom. The summed E-state index contributed by atoms with van der Waals surface area (Å²) in [6, 6.07) is 9.65. The van der Waals surface area contributed by atoms with Gasteiger partial charge in [-0.25, -0.2) is 18.6 Å². The smallest absolute Gasteiger partial charge is 0.335 e. The summed E-state index contributed by atoms with van der Waals surface area (Å²) in [5, 5.41) is 11.2. The van der Waals surface area contributed by atoms with E-state index in [4.69, 9.17) is 5.11 Å². The van der Waals surface area contributed by atoms with Crippen molar-refractivity contribution in [2.45, 2.75) is 0 Å². The molecule has 0 amide bonds. The fraction of sp³-hybridized carbons (Fsp3) is 0. The van der Waals surface area contributed by atoms with Crippen LogP contribution in [0.2, 0.25) is 0 Å². The van der Waals surface area contributed by atoms with Gasteiger partial charge in [0.2, 0.25) is 0 Å². The Hall–Kier alpha value is -2.60. The molecule has 3 nitrogen and oxygen atoms in total. The highest BCUT2D eigenvalue weighted by atomic mass is 32.1. The second kappa shape index (κ2) is 5.65. The number of aromatic nitrogens is 1. The van der Waals surface area contributed by atoms with Crippen molar-refractivity contribution in [2.24, 2.45) is 0 Å². The minimum Gasteiger partial charge on any atom is -0.478 e. The Kier molecular flexibility index (Phi) is 3.68. The first-order valence-electron chi connectivity index (χ1n) is 6.29. The maximum absolute atomic E-state index is 13.8. The lowest BCUT2D eigenvalue weighted by Crippen LogP contribution is -1.95. The molecule has 1 heterocycles. The number of hydrogen-bond donors (Lipinski definition) is 1. The van der Waals surface area contributed by atoms with Gasteiger partial charge in [-0.2, -0.15) is 0 Å². The molecule has 0 unspecified atom stereocenters. The molecule has 22 heavy (non-hydrogen) atoms. The van der Waals surface area contributed by atoms with E-state index in [0.717, 1.165) is 6.07 Å². The van der Waals surface area contributed by atoms with Crippen LogP contribution in [0.15, 0.2) is 47.8 Å². The van der Waals surface area contributed by atoms with E-state index >= 15 is 0 Å². The second-order valence-electron chi connectivity index (χ2n) is 4.55. The second-order valence-corrected chi connectivity index (χ2v) is 5.41. The SMILES string of the molecule is O=C(O)c1cccc(-c2nc(-c3ccc(F)cc3F)cs2)c1. The van der Waals surface area contributed by atoms with Crippen LogP contribution in [-0.4, -0.2) is 16.1 Å². The van der Waals surface area contributed by atoms with Crippen molar-refractivity contribution in [1.82, 2.24) is 4.98 Å². The topological polar surface area (TPSA) is 50.2 Å². The van der Waals surface area contributed by atoms with Gasteiger partial charge in [0.25, 0.3) is 0 Å². The van der Waals surface area contributed by atoms with Crippen LogP contribution in [0.4, 0.5) is 8.78 Å². The molecule has 3 aromatic rings. The number of carboxylic acid groups (broad SMARTS) is 1. The first kappa shape index (κ1) is 14.3. The molecule has 2 aromatic carbocycles. The van der Waals surface area contributed by atoms with E-state index < -0.39 is 17.6 Å². The normalized spacial score (nSPS) is 10.6. The lowest BCUT2D eigenvalue weighted by Gasteiger charge is -2.00. The van der Waals surface area contributed by atoms with Crippen LogP contribution in [0.25, 0.3) is 21.8 Å². The monoisotopic (exact) mass is 317 g/mol. The highest BCUT2D eigenvalue weighted by Crippen LogP contribution is 2.30. The van der Waals surface area contributed by atoms with Gasteiger partial charge in [0.15, 0.2) is 0 Å². The maximum Gasteiger partial charge on any atom is 0.335 e. The van der Waals surface area contributed by atoms with Crippen LogP contribution in [0.1, 0.15) is 10.4 Å². The fourth-order valence-corrected chi connectivity index (χ4v) is 2.83. The summed E-state index contributed by atoms with van der Waals surface area (Å²) in [6.45, 7) is 0. The third-order valence-electron chi connectivity index (χ3n) is 3.07. The average molecular weight is 317 g/mol. The number of halogens is 2. The molecule has 0 fully saturated rings. The largest absolute Gasteiger partial charge is 0.478 e. The molecular weight excluding hydrogens is 308 g/mol. The maximum atomic E-state index is 13.8. The molecule has 0 aliphatic heterocycles. The van der Waals surface area contributed by atoms with E-state index in [9.17, 15) is 13.6 Å². The molecule has 0 saturated carbocycles. The van der Waals surface area contributed by atoms with E-state index in [1.165, 1.54) is 35.6 Å². The van der Waals surface area contributed by atoms with Gasteiger partial charge in [-0.15, -0.1) is 11.3 Å². The zero-order valence-electron chi connectivity index (χ0n) is 11.1. The summed E-state index contributed by atoms with van der Waals surface area (Å²) in [7, 11) is 0. The lowest BCUT2D eigenvalue weighted by molar-refractivity contribution is 0.0697. The number of carboxylic acids is 1.